The summed E-state index contributed by atoms with van der Waals surface area (Å²) in [6.45, 7) is 4.09. The van der Waals surface area contributed by atoms with Gasteiger partial charge in [0, 0.05) is 26.1 Å². The maximum Gasteiger partial charge on any atom is 0.182 e. The number of hydrogen-bond acceptors (Lipinski definition) is 2. The van der Waals surface area contributed by atoms with Crippen molar-refractivity contribution in [3.05, 3.63) is 29.3 Å². The molecule has 1 aromatic rings. The highest BCUT2D eigenvalue weighted by molar-refractivity contribution is 5.59. The fourth-order valence-corrected chi connectivity index (χ4v) is 2.53. The topological polar surface area (TPSA) is 29.3 Å². The SMILES string of the molecule is CN(C)c1c(C2C(N)C2(C)C)ccc(F)c1F. The number of nitrogens with two attached hydrogens (primary N) is 1. The Hall–Kier alpha value is -1.16. The average molecular weight is 240 g/mol. The van der Waals surface area contributed by atoms with E-state index in [1.165, 1.54) is 6.07 Å². The van der Waals surface area contributed by atoms with Gasteiger partial charge in [-0.3, -0.25) is 0 Å². The summed E-state index contributed by atoms with van der Waals surface area (Å²) >= 11 is 0. The fourth-order valence-electron chi connectivity index (χ4n) is 2.53. The first-order valence-electron chi connectivity index (χ1n) is 5.69. The van der Waals surface area contributed by atoms with Crippen LogP contribution in [0.1, 0.15) is 25.3 Å². The molecule has 1 aliphatic rings. The first-order valence-corrected chi connectivity index (χ1v) is 5.69. The van der Waals surface area contributed by atoms with Gasteiger partial charge >= 0.3 is 0 Å². The van der Waals surface area contributed by atoms with Crippen LogP contribution in [0.5, 0.6) is 0 Å². The average Bonchev–Trinajstić information content (AvgIpc) is 2.70. The molecule has 2 rings (SSSR count). The van der Waals surface area contributed by atoms with Crippen molar-refractivity contribution < 1.29 is 8.78 Å². The second-order valence-electron chi connectivity index (χ2n) is 5.52. The summed E-state index contributed by atoms with van der Waals surface area (Å²) in [6.07, 6.45) is 0. The Labute approximate surface area is 100 Å². The van der Waals surface area contributed by atoms with Gasteiger partial charge < -0.3 is 10.6 Å². The van der Waals surface area contributed by atoms with Crippen LogP contribution in [-0.4, -0.2) is 20.1 Å². The molecule has 94 valence electrons. The third kappa shape index (κ3) is 1.71. The van der Waals surface area contributed by atoms with E-state index in [1.807, 2.05) is 13.8 Å². The molecule has 0 heterocycles. The van der Waals surface area contributed by atoms with E-state index < -0.39 is 11.6 Å². The zero-order valence-corrected chi connectivity index (χ0v) is 10.6. The summed E-state index contributed by atoms with van der Waals surface area (Å²) in [6, 6.07) is 2.83. The van der Waals surface area contributed by atoms with Crippen molar-refractivity contribution in [3.63, 3.8) is 0 Å². The predicted molar refractivity (Wildman–Crippen MR) is 65.2 cm³/mol. The maximum absolute atomic E-state index is 13.8. The smallest absolute Gasteiger partial charge is 0.182 e. The van der Waals surface area contributed by atoms with Crippen molar-refractivity contribution >= 4 is 5.69 Å². The van der Waals surface area contributed by atoms with Crippen molar-refractivity contribution in [2.75, 3.05) is 19.0 Å². The van der Waals surface area contributed by atoms with Gasteiger partial charge in [0.25, 0.3) is 0 Å². The lowest BCUT2D eigenvalue weighted by molar-refractivity contribution is 0.506. The second-order valence-corrected chi connectivity index (χ2v) is 5.52. The van der Waals surface area contributed by atoms with E-state index in [4.69, 9.17) is 5.73 Å². The molecule has 1 fully saturated rings. The van der Waals surface area contributed by atoms with Crippen molar-refractivity contribution in [1.82, 2.24) is 0 Å². The van der Waals surface area contributed by atoms with Crippen LogP contribution < -0.4 is 10.6 Å². The van der Waals surface area contributed by atoms with Gasteiger partial charge in [-0.15, -0.1) is 0 Å². The van der Waals surface area contributed by atoms with Crippen LogP contribution in [0.2, 0.25) is 0 Å². The number of hydrogen-bond donors (Lipinski definition) is 1. The normalized spacial score (nSPS) is 25.8. The highest BCUT2D eigenvalue weighted by Crippen LogP contribution is 2.59. The summed E-state index contributed by atoms with van der Waals surface area (Å²) in [5, 5.41) is 0. The predicted octanol–water partition coefficient (Wildman–Crippen LogP) is 2.48. The van der Waals surface area contributed by atoms with E-state index in [0.717, 1.165) is 5.56 Å². The van der Waals surface area contributed by atoms with Crippen molar-refractivity contribution in [2.45, 2.75) is 25.8 Å². The number of halogens is 2. The first kappa shape index (κ1) is 12.3. The molecule has 0 amide bonds. The minimum atomic E-state index is -0.815. The Balaban J connectivity index is 2.53. The Morgan fingerprint density at radius 1 is 1.24 bits per heavy atom. The van der Waals surface area contributed by atoms with Gasteiger partial charge in [-0.05, 0) is 17.0 Å². The standard InChI is InChI=1S/C13H18F2N2/c1-13(2)9(12(13)16)7-5-6-8(14)10(15)11(7)17(3)4/h5-6,9,12H,16H2,1-4H3. The van der Waals surface area contributed by atoms with Gasteiger partial charge in [-0.25, -0.2) is 8.78 Å². The lowest BCUT2D eigenvalue weighted by atomic mass is 10.0. The van der Waals surface area contributed by atoms with Crippen LogP contribution in [0.15, 0.2) is 12.1 Å². The minimum absolute atomic E-state index is 0.00561. The van der Waals surface area contributed by atoms with E-state index in [0.29, 0.717) is 5.69 Å². The van der Waals surface area contributed by atoms with Crippen LogP contribution in [-0.2, 0) is 0 Å². The Kier molecular flexibility index (Phi) is 2.65. The highest BCUT2D eigenvalue weighted by Gasteiger charge is 2.57. The first-order chi connectivity index (χ1) is 7.78. The molecule has 2 N–H and O–H groups in total. The third-order valence-electron chi connectivity index (χ3n) is 3.79. The highest BCUT2D eigenvalue weighted by atomic mass is 19.2. The number of rotatable bonds is 2. The van der Waals surface area contributed by atoms with Crippen LogP contribution in [0.25, 0.3) is 0 Å². The summed E-state index contributed by atoms with van der Waals surface area (Å²) in [5.41, 5.74) is 7.07. The Bertz CT molecular complexity index is 455. The molecule has 0 aliphatic heterocycles. The molecule has 17 heavy (non-hydrogen) atoms. The molecule has 1 aliphatic carbocycles. The maximum atomic E-state index is 13.8. The second kappa shape index (κ2) is 3.67. The van der Waals surface area contributed by atoms with Gasteiger partial charge in [-0.1, -0.05) is 19.9 Å². The van der Waals surface area contributed by atoms with Crippen molar-refractivity contribution in [2.24, 2.45) is 11.1 Å². The lowest BCUT2D eigenvalue weighted by Crippen LogP contribution is -2.15. The monoisotopic (exact) mass is 240 g/mol. The molecular weight excluding hydrogens is 222 g/mol. The summed E-state index contributed by atoms with van der Waals surface area (Å²) in [5.74, 6) is -1.51. The van der Waals surface area contributed by atoms with Gasteiger partial charge in [-0.2, -0.15) is 0 Å². The van der Waals surface area contributed by atoms with Crippen molar-refractivity contribution in [1.29, 1.82) is 0 Å². The molecule has 0 radical (unpaired) electrons. The van der Waals surface area contributed by atoms with E-state index >= 15 is 0 Å². The van der Waals surface area contributed by atoms with Gasteiger partial charge in [0.1, 0.15) is 0 Å². The molecule has 2 unspecified atom stereocenters. The molecule has 0 aromatic heterocycles. The number of nitrogens with zero attached hydrogens (tertiary/aromatic N) is 1. The van der Waals surface area contributed by atoms with E-state index in [9.17, 15) is 8.78 Å². The van der Waals surface area contributed by atoms with E-state index in [1.54, 1.807) is 25.1 Å². The molecule has 0 spiro atoms. The molecule has 1 aromatic carbocycles. The quantitative estimate of drug-likeness (QED) is 0.860. The molecular formula is C13H18F2N2. The Morgan fingerprint density at radius 2 is 1.76 bits per heavy atom. The number of benzene rings is 1. The van der Waals surface area contributed by atoms with Crippen molar-refractivity contribution in [3.8, 4) is 0 Å². The number of anilines is 1. The molecule has 4 heteroatoms. The fraction of sp³-hybridized carbons (Fsp3) is 0.538. The van der Waals surface area contributed by atoms with E-state index in [-0.39, 0.29) is 17.4 Å². The van der Waals surface area contributed by atoms with Gasteiger partial charge in [0.2, 0.25) is 0 Å². The zero-order valence-electron chi connectivity index (χ0n) is 10.6. The molecule has 0 saturated heterocycles. The molecule has 1 saturated carbocycles. The van der Waals surface area contributed by atoms with E-state index in [2.05, 4.69) is 0 Å². The van der Waals surface area contributed by atoms with Crippen LogP contribution in [0.4, 0.5) is 14.5 Å². The van der Waals surface area contributed by atoms with Gasteiger partial charge in [0.05, 0.1) is 5.69 Å². The van der Waals surface area contributed by atoms with Crippen LogP contribution >= 0.6 is 0 Å². The minimum Gasteiger partial charge on any atom is -0.375 e. The lowest BCUT2D eigenvalue weighted by Gasteiger charge is -2.19. The zero-order chi connectivity index (χ0) is 13.0. The third-order valence-corrected chi connectivity index (χ3v) is 3.79. The summed E-state index contributed by atoms with van der Waals surface area (Å²) in [7, 11) is 3.42. The molecule has 2 atom stereocenters. The Morgan fingerprint density at radius 3 is 2.18 bits per heavy atom. The largest absolute Gasteiger partial charge is 0.375 e. The summed E-state index contributed by atoms with van der Waals surface area (Å²) in [4.78, 5) is 1.61. The van der Waals surface area contributed by atoms with Crippen LogP contribution in [0, 0.1) is 17.0 Å². The molecule has 0 bridgehead atoms. The molecule has 2 nitrogen and oxygen atoms in total. The van der Waals surface area contributed by atoms with Crippen LogP contribution in [0.3, 0.4) is 0 Å². The summed E-state index contributed by atoms with van der Waals surface area (Å²) < 4.78 is 27.1. The van der Waals surface area contributed by atoms with Gasteiger partial charge in [0.15, 0.2) is 11.6 Å².